The van der Waals surface area contributed by atoms with Crippen LogP contribution in [-0.2, 0) is 14.6 Å². The highest BCUT2D eigenvalue weighted by molar-refractivity contribution is 7.91. The summed E-state index contributed by atoms with van der Waals surface area (Å²) in [6.07, 6.45) is 1.41. The summed E-state index contributed by atoms with van der Waals surface area (Å²) < 4.78 is 37.4. The number of aliphatic carboxylic acids is 1. The van der Waals surface area contributed by atoms with Gasteiger partial charge in [-0.15, -0.1) is 0 Å². The molecule has 0 bridgehead atoms. The molecule has 3 aromatic carbocycles. The third-order valence-electron chi connectivity index (χ3n) is 5.14. The second-order valence-electron chi connectivity index (χ2n) is 7.27. The molecule has 0 radical (unpaired) electrons. The molecule has 4 rings (SSSR count). The van der Waals surface area contributed by atoms with Gasteiger partial charge in [0.25, 0.3) is 0 Å². The number of carbonyl (C=O) groups is 1. The first-order valence-corrected chi connectivity index (χ1v) is 12.0. The molecule has 1 atom stereocenters. The highest BCUT2D eigenvalue weighted by atomic mass is 35.5. The van der Waals surface area contributed by atoms with E-state index >= 15 is 0 Å². The van der Waals surface area contributed by atoms with Crippen molar-refractivity contribution in [3.05, 3.63) is 76.4 Å². The molecule has 176 valence electrons. The maximum Gasteiger partial charge on any atom is 0.325 e. The quantitative estimate of drug-likeness (QED) is 0.305. The summed E-state index contributed by atoms with van der Waals surface area (Å²) in [7, 11) is -2.34. The number of nitrogens with two attached hydrogens (primary N) is 1. The Morgan fingerprint density at radius 1 is 1.03 bits per heavy atom. The topological polar surface area (TPSA) is 132 Å². The number of fused-ring (bicyclic) bond motifs is 1. The van der Waals surface area contributed by atoms with E-state index in [-0.39, 0.29) is 36.9 Å². The number of hydrogen-bond donors (Lipinski definition) is 3. The highest BCUT2D eigenvalue weighted by Crippen LogP contribution is 2.40. The van der Waals surface area contributed by atoms with Gasteiger partial charge in [0.05, 0.1) is 26.9 Å². The number of sulfone groups is 1. The number of carboxylic acid groups (broad SMARTS) is 1. The summed E-state index contributed by atoms with van der Waals surface area (Å²) in [4.78, 5) is 14.3. The zero-order chi connectivity index (χ0) is 24.6. The number of aromatic nitrogens is 1. The fraction of sp³-hybridized carbons (Fsp3) is 0.0870. The van der Waals surface area contributed by atoms with Gasteiger partial charge in [-0.3, -0.25) is 4.79 Å². The molecule has 0 saturated heterocycles. The minimum absolute atomic E-state index is 0.0550. The van der Waals surface area contributed by atoms with E-state index in [4.69, 9.17) is 43.5 Å². The Morgan fingerprint density at radius 2 is 1.65 bits per heavy atom. The second kappa shape index (κ2) is 9.19. The lowest BCUT2D eigenvalue weighted by atomic mass is 10.1. The van der Waals surface area contributed by atoms with Gasteiger partial charge in [-0.2, -0.15) is 0 Å². The SMILES string of the molecule is COc1ccc(S(=O)(=O)c2c[nH]c3ccc(Oc4c(Cl)cc([C@@H](N)C(=O)O)cc4Cl)cc23)cc1. The van der Waals surface area contributed by atoms with Crippen LogP contribution in [0.25, 0.3) is 10.9 Å². The van der Waals surface area contributed by atoms with Crippen molar-refractivity contribution in [2.75, 3.05) is 7.11 Å². The zero-order valence-corrected chi connectivity index (χ0v) is 19.9. The van der Waals surface area contributed by atoms with E-state index in [0.29, 0.717) is 16.7 Å². The number of nitrogens with one attached hydrogen (secondary N) is 1. The van der Waals surface area contributed by atoms with E-state index in [9.17, 15) is 13.2 Å². The number of ether oxygens (including phenoxy) is 2. The summed E-state index contributed by atoms with van der Waals surface area (Å²) >= 11 is 12.5. The molecule has 0 aliphatic carbocycles. The van der Waals surface area contributed by atoms with Gasteiger partial charge in [0.15, 0.2) is 5.75 Å². The largest absolute Gasteiger partial charge is 0.497 e. The zero-order valence-electron chi connectivity index (χ0n) is 17.6. The van der Waals surface area contributed by atoms with Crippen molar-refractivity contribution in [1.29, 1.82) is 0 Å². The van der Waals surface area contributed by atoms with Crippen LogP contribution in [0, 0.1) is 0 Å². The Hall–Kier alpha value is -3.24. The molecule has 0 spiro atoms. The Morgan fingerprint density at radius 3 is 2.24 bits per heavy atom. The number of carboxylic acids is 1. The number of halogens is 2. The minimum atomic E-state index is -3.84. The fourth-order valence-electron chi connectivity index (χ4n) is 3.36. The standard InChI is InChI=1S/C23H18Cl2N2O6S/c1-32-13-2-5-15(6-3-13)34(30,31)20-11-27-19-7-4-14(10-16(19)20)33-22-17(24)8-12(9-18(22)25)21(26)23(28)29/h2-11,21,27H,26H2,1H3,(H,28,29)/t21-/m1/s1. The summed E-state index contributed by atoms with van der Waals surface area (Å²) in [5.41, 5.74) is 6.42. The molecule has 34 heavy (non-hydrogen) atoms. The van der Waals surface area contributed by atoms with Crippen LogP contribution in [0.3, 0.4) is 0 Å². The second-order valence-corrected chi connectivity index (χ2v) is 10.0. The predicted molar refractivity (Wildman–Crippen MR) is 128 cm³/mol. The van der Waals surface area contributed by atoms with Crippen LogP contribution in [0.15, 0.2) is 70.6 Å². The van der Waals surface area contributed by atoms with Crippen molar-refractivity contribution in [3.63, 3.8) is 0 Å². The van der Waals surface area contributed by atoms with Crippen LogP contribution in [-0.4, -0.2) is 31.6 Å². The molecule has 4 aromatic rings. The van der Waals surface area contributed by atoms with Gasteiger partial charge in [0, 0.05) is 17.1 Å². The van der Waals surface area contributed by atoms with Gasteiger partial charge >= 0.3 is 5.97 Å². The van der Waals surface area contributed by atoms with Gasteiger partial charge < -0.3 is 25.3 Å². The van der Waals surface area contributed by atoms with E-state index in [1.54, 1.807) is 30.3 Å². The third-order valence-corrected chi connectivity index (χ3v) is 7.51. The molecule has 0 unspecified atom stereocenters. The van der Waals surface area contributed by atoms with Crippen molar-refractivity contribution in [1.82, 2.24) is 4.98 Å². The Labute approximate surface area is 204 Å². The number of methoxy groups -OCH3 is 1. The number of hydrogen-bond acceptors (Lipinski definition) is 6. The lowest BCUT2D eigenvalue weighted by molar-refractivity contribution is -0.138. The maximum atomic E-state index is 13.2. The maximum absolute atomic E-state index is 13.2. The summed E-state index contributed by atoms with van der Waals surface area (Å²) in [5, 5.41) is 9.62. The lowest BCUT2D eigenvalue weighted by Gasteiger charge is -2.13. The van der Waals surface area contributed by atoms with E-state index in [1.807, 2.05) is 0 Å². The summed E-state index contributed by atoms with van der Waals surface area (Å²) in [5.74, 6) is -0.335. The normalized spacial score (nSPS) is 12.5. The molecular formula is C23H18Cl2N2O6S. The van der Waals surface area contributed by atoms with E-state index in [0.717, 1.165) is 0 Å². The average molecular weight is 521 g/mol. The molecule has 1 aromatic heterocycles. The van der Waals surface area contributed by atoms with E-state index in [1.165, 1.54) is 37.6 Å². The van der Waals surface area contributed by atoms with Gasteiger partial charge in [-0.1, -0.05) is 23.2 Å². The molecular weight excluding hydrogens is 503 g/mol. The molecule has 0 amide bonds. The number of rotatable bonds is 7. The average Bonchev–Trinajstić information content (AvgIpc) is 3.25. The smallest absolute Gasteiger partial charge is 0.325 e. The van der Waals surface area contributed by atoms with Crippen LogP contribution in [0.5, 0.6) is 17.2 Å². The first-order chi connectivity index (χ1) is 16.1. The van der Waals surface area contributed by atoms with Crippen LogP contribution < -0.4 is 15.2 Å². The van der Waals surface area contributed by atoms with Crippen molar-refractivity contribution in [3.8, 4) is 17.2 Å². The monoisotopic (exact) mass is 520 g/mol. The molecule has 8 nitrogen and oxygen atoms in total. The highest BCUT2D eigenvalue weighted by Gasteiger charge is 2.23. The van der Waals surface area contributed by atoms with Crippen LogP contribution in [0.4, 0.5) is 0 Å². The number of benzene rings is 3. The number of H-pyrrole nitrogens is 1. The first-order valence-electron chi connectivity index (χ1n) is 9.77. The van der Waals surface area contributed by atoms with Crippen LogP contribution in [0.1, 0.15) is 11.6 Å². The van der Waals surface area contributed by atoms with E-state index < -0.39 is 21.8 Å². The first kappa shape index (κ1) is 23.9. The fourth-order valence-corrected chi connectivity index (χ4v) is 5.36. The third kappa shape index (κ3) is 4.43. The lowest BCUT2D eigenvalue weighted by Crippen LogP contribution is -2.20. The molecule has 1 heterocycles. The van der Waals surface area contributed by atoms with Crippen molar-refractivity contribution in [2.45, 2.75) is 15.8 Å². The number of aromatic amines is 1. The molecule has 0 saturated carbocycles. The van der Waals surface area contributed by atoms with Gasteiger partial charge in [0.1, 0.15) is 17.5 Å². The van der Waals surface area contributed by atoms with Gasteiger partial charge in [-0.05, 0) is 60.2 Å². The molecule has 4 N–H and O–H groups in total. The molecule has 11 heteroatoms. The van der Waals surface area contributed by atoms with Crippen LogP contribution in [0.2, 0.25) is 10.0 Å². The Bertz CT molecular complexity index is 1480. The van der Waals surface area contributed by atoms with Gasteiger partial charge in [0.2, 0.25) is 9.84 Å². The predicted octanol–water partition coefficient (Wildman–Crippen LogP) is 5.19. The van der Waals surface area contributed by atoms with Crippen molar-refractivity contribution in [2.24, 2.45) is 5.73 Å². The minimum Gasteiger partial charge on any atom is -0.497 e. The molecule has 0 aliphatic heterocycles. The van der Waals surface area contributed by atoms with Crippen LogP contribution >= 0.6 is 23.2 Å². The van der Waals surface area contributed by atoms with Crippen molar-refractivity contribution >= 4 is 49.9 Å². The Kier molecular flexibility index (Phi) is 6.46. The van der Waals surface area contributed by atoms with Gasteiger partial charge in [-0.25, -0.2) is 8.42 Å². The summed E-state index contributed by atoms with van der Waals surface area (Å²) in [6.45, 7) is 0. The Balaban J connectivity index is 1.71. The summed E-state index contributed by atoms with van der Waals surface area (Å²) in [6, 6.07) is 12.3. The van der Waals surface area contributed by atoms with E-state index in [2.05, 4.69) is 4.98 Å². The molecule has 0 aliphatic rings. The molecule has 0 fully saturated rings. The van der Waals surface area contributed by atoms with Crippen molar-refractivity contribution < 1.29 is 27.8 Å².